The van der Waals surface area contributed by atoms with E-state index in [9.17, 15) is 4.79 Å². The van der Waals surface area contributed by atoms with Crippen molar-refractivity contribution in [2.45, 2.75) is 13.3 Å². The summed E-state index contributed by atoms with van der Waals surface area (Å²) in [5.74, 6) is 1.42. The number of rotatable bonds is 3. The van der Waals surface area contributed by atoms with Gasteiger partial charge in [-0.05, 0) is 11.5 Å². The van der Waals surface area contributed by atoms with Crippen molar-refractivity contribution < 1.29 is 4.79 Å². The van der Waals surface area contributed by atoms with Crippen molar-refractivity contribution >= 4 is 18.5 Å². The standard InChI is InChI=1S/C9H15NOS/c1-7-3-9(11)10(4-7)5-8(2)6-12/h7,12H,2-6H2,1H3. The Kier molecular flexibility index (Phi) is 3.20. The van der Waals surface area contributed by atoms with Crippen molar-refractivity contribution in [1.29, 1.82) is 0 Å². The van der Waals surface area contributed by atoms with Crippen molar-refractivity contribution in [3.8, 4) is 0 Å². The van der Waals surface area contributed by atoms with Gasteiger partial charge in [-0.25, -0.2) is 0 Å². The third-order valence-corrected chi connectivity index (χ3v) is 2.49. The van der Waals surface area contributed by atoms with E-state index >= 15 is 0 Å². The van der Waals surface area contributed by atoms with Gasteiger partial charge in [-0.1, -0.05) is 13.5 Å². The first-order chi connectivity index (χ1) is 5.63. The molecule has 0 N–H and O–H groups in total. The van der Waals surface area contributed by atoms with E-state index in [0.29, 0.717) is 24.6 Å². The van der Waals surface area contributed by atoms with Crippen LogP contribution >= 0.6 is 12.6 Å². The van der Waals surface area contributed by atoms with E-state index in [-0.39, 0.29) is 5.91 Å². The second-order valence-electron chi connectivity index (χ2n) is 3.49. The summed E-state index contributed by atoms with van der Waals surface area (Å²) in [4.78, 5) is 13.2. The van der Waals surface area contributed by atoms with Crippen LogP contribution < -0.4 is 0 Å². The highest BCUT2D eigenvalue weighted by Crippen LogP contribution is 2.17. The number of amides is 1. The number of likely N-dealkylation sites (tertiary alicyclic amines) is 1. The predicted octanol–water partition coefficient (Wildman–Crippen LogP) is 1.34. The Labute approximate surface area is 79.0 Å². The molecule has 0 aromatic carbocycles. The molecule has 0 aromatic rings. The predicted molar refractivity (Wildman–Crippen MR) is 53.4 cm³/mol. The lowest BCUT2D eigenvalue weighted by molar-refractivity contribution is -0.127. The number of thiol groups is 1. The van der Waals surface area contributed by atoms with Crippen molar-refractivity contribution in [3.63, 3.8) is 0 Å². The minimum absolute atomic E-state index is 0.255. The SMILES string of the molecule is C=C(CS)CN1CC(C)CC1=O. The van der Waals surface area contributed by atoms with Crippen LogP contribution in [0.3, 0.4) is 0 Å². The molecular formula is C9H15NOS. The molecule has 0 bridgehead atoms. The molecule has 0 aromatic heterocycles. The van der Waals surface area contributed by atoms with Gasteiger partial charge in [0.2, 0.25) is 5.91 Å². The van der Waals surface area contributed by atoms with E-state index in [2.05, 4.69) is 26.1 Å². The second kappa shape index (κ2) is 3.99. The average Bonchev–Trinajstić information content (AvgIpc) is 2.30. The molecule has 0 aliphatic carbocycles. The van der Waals surface area contributed by atoms with Gasteiger partial charge < -0.3 is 4.90 Å². The average molecular weight is 185 g/mol. The lowest BCUT2D eigenvalue weighted by atomic mass is 10.2. The van der Waals surface area contributed by atoms with Crippen LogP contribution in [0.4, 0.5) is 0 Å². The van der Waals surface area contributed by atoms with Crippen molar-refractivity contribution in [2.24, 2.45) is 5.92 Å². The van der Waals surface area contributed by atoms with Crippen LogP contribution in [0.5, 0.6) is 0 Å². The Hall–Kier alpha value is -0.440. The van der Waals surface area contributed by atoms with Crippen LogP contribution in [0.2, 0.25) is 0 Å². The highest BCUT2D eigenvalue weighted by molar-refractivity contribution is 7.80. The Morgan fingerprint density at radius 3 is 2.92 bits per heavy atom. The maximum Gasteiger partial charge on any atom is 0.223 e. The molecule has 68 valence electrons. The summed E-state index contributed by atoms with van der Waals surface area (Å²) in [6.45, 7) is 7.49. The fraction of sp³-hybridized carbons (Fsp3) is 0.667. The van der Waals surface area contributed by atoms with Gasteiger partial charge in [0.25, 0.3) is 0 Å². The lowest BCUT2D eigenvalue weighted by Gasteiger charge is -2.16. The van der Waals surface area contributed by atoms with Crippen LogP contribution in [-0.4, -0.2) is 29.6 Å². The summed E-state index contributed by atoms with van der Waals surface area (Å²) in [6.07, 6.45) is 0.694. The van der Waals surface area contributed by atoms with Gasteiger partial charge in [0.05, 0.1) is 0 Å². The van der Waals surface area contributed by atoms with E-state index in [1.54, 1.807) is 0 Å². The van der Waals surface area contributed by atoms with Gasteiger partial charge in [-0.2, -0.15) is 12.6 Å². The van der Waals surface area contributed by atoms with E-state index in [1.165, 1.54) is 0 Å². The fourth-order valence-corrected chi connectivity index (χ4v) is 1.54. The number of carbonyl (C=O) groups excluding carboxylic acids is 1. The summed E-state index contributed by atoms with van der Waals surface area (Å²) in [5, 5.41) is 0. The van der Waals surface area contributed by atoms with Gasteiger partial charge >= 0.3 is 0 Å². The summed E-state index contributed by atoms with van der Waals surface area (Å²) in [6, 6.07) is 0. The highest BCUT2D eigenvalue weighted by Gasteiger charge is 2.25. The van der Waals surface area contributed by atoms with Crippen LogP contribution in [0, 0.1) is 5.92 Å². The Morgan fingerprint density at radius 2 is 2.50 bits per heavy atom. The molecule has 1 aliphatic rings. The molecule has 0 spiro atoms. The van der Waals surface area contributed by atoms with E-state index < -0.39 is 0 Å². The zero-order valence-corrected chi connectivity index (χ0v) is 8.31. The van der Waals surface area contributed by atoms with Gasteiger partial charge in [0.15, 0.2) is 0 Å². The zero-order valence-electron chi connectivity index (χ0n) is 7.42. The molecule has 0 radical (unpaired) electrons. The number of hydrogen-bond donors (Lipinski definition) is 1. The monoisotopic (exact) mass is 185 g/mol. The first-order valence-corrected chi connectivity index (χ1v) is 4.82. The molecule has 1 rings (SSSR count). The molecule has 1 aliphatic heterocycles. The van der Waals surface area contributed by atoms with Crippen LogP contribution in [0.15, 0.2) is 12.2 Å². The third kappa shape index (κ3) is 2.27. The minimum atomic E-state index is 0.255. The Morgan fingerprint density at radius 1 is 1.83 bits per heavy atom. The summed E-state index contributed by atoms with van der Waals surface area (Å²) in [7, 11) is 0. The second-order valence-corrected chi connectivity index (χ2v) is 3.81. The van der Waals surface area contributed by atoms with Gasteiger partial charge in [-0.15, -0.1) is 0 Å². The molecule has 3 heteroatoms. The molecule has 2 nitrogen and oxygen atoms in total. The number of hydrogen-bond acceptors (Lipinski definition) is 2. The lowest BCUT2D eigenvalue weighted by Crippen LogP contribution is -2.27. The molecule has 1 saturated heterocycles. The van der Waals surface area contributed by atoms with Gasteiger partial charge in [0.1, 0.15) is 0 Å². The van der Waals surface area contributed by atoms with Crippen molar-refractivity contribution in [3.05, 3.63) is 12.2 Å². The first-order valence-electron chi connectivity index (χ1n) is 4.18. The van der Waals surface area contributed by atoms with Gasteiger partial charge in [-0.3, -0.25) is 4.79 Å². The topological polar surface area (TPSA) is 20.3 Å². The molecular weight excluding hydrogens is 170 g/mol. The maximum absolute atomic E-state index is 11.3. The van der Waals surface area contributed by atoms with E-state index in [4.69, 9.17) is 0 Å². The molecule has 1 unspecified atom stereocenters. The quantitative estimate of drug-likeness (QED) is 0.520. The number of nitrogens with zero attached hydrogens (tertiary/aromatic N) is 1. The molecule has 0 saturated carbocycles. The van der Waals surface area contributed by atoms with Crippen LogP contribution in [0.25, 0.3) is 0 Å². The van der Waals surface area contributed by atoms with Crippen molar-refractivity contribution in [2.75, 3.05) is 18.8 Å². The highest BCUT2D eigenvalue weighted by atomic mass is 32.1. The maximum atomic E-state index is 11.3. The summed E-state index contributed by atoms with van der Waals surface area (Å²) < 4.78 is 0. The molecule has 1 atom stereocenters. The Balaban J connectivity index is 2.43. The molecule has 12 heavy (non-hydrogen) atoms. The Bertz CT molecular complexity index is 203. The van der Waals surface area contributed by atoms with E-state index in [1.807, 2.05) is 4.90 Å². The minimum Gasteiger partial charge on any atom is -0.338 e. The van der Waals surface area contributed by atoms with Gasteiger partial charge in [0, 0.05) is 25.3 Å². The van der Waals surface area contributed by atoms with Crippen molar-refractivity contribution in [1.82, 2.24) is 4.90 Å². The normalized spacial score (nSPS) is 23.3. The first kappa shape index (κ1) is 9.65. The zero-order chi connectivity index (χ0) is 9.14. The van der Waals surface area contributed by atoms with E-state index in [0.717, 1.165) is 12.1 Å². The van der Waals surface area contributed by atoms with Crippen LogP contribution in [-0.2, 0) is 4.79 Å². The molecule has 1 heterocycles. The largest absolute Gasteiger partial charge is 0.338 e. The third-order valence-electron chi connectivity index (χ3n) is 2.05. The summed E-state index contributed by atoms with van der Waals surface area (Å²) in [5.41, 5.74) is 1.01. The molecule has 1 fully saturated rings. The van der Waals surface area contributed by atoms with Crippen LogP contribution in [0.1, 0.15) is 13.3 Å². The fourth-order valence-electron chi connectivity index (χ4n) is 1.44. The smallest absolute Gasteiger partial charge is 0.223 e. The number of carbonyl (C=O) groups is 1. The summed E-state index contributed by atoms with van der Waals surface area (Å²) >= 11 is 4.10. The molecule has 1 amide bonds.